The Kier molecular flexibility index (Phi) is 4.83. The van der Waals surface area contributed by atoms with Gasteiger partial charge in [0.25, 0.3) is 0 Å². The molecule has 4 rings (SSSR count). The van der Waals surface area contributed by atoms with Gasteiger partial charge in [0.1, 0.15) is 0 Å². The van der Waals surface area contributed by atoms with Gasteiger partial charge in [-0.1, -0.05) is 71.9 Å². The molecule has 1 aromatic rings. The second-order valence-electron chi connectivity index (χ2n) is 10.9. The largest absolute Gasteiger partial charge is 0.338 e. The molecule has 3 unspecified atom stereocenters. The molecule has 1 heterocycles. The quantitative estimate of drug-likeness (QED) is 0.688. The highest BCUT2D eigenvalue weighted by Crippen LogP contribution is 2.65. The molecule has 158 valence electrons. The van der Waals surface area contributed by atoms with E-state index in [4.69, 9.17) is 5.10 Å². The number of carbonyl (C=O) groups excluding carboxylic acids is 1. The molecule has 4 atom stereocenters. The molecule has 2 bridgehead atoms. The van der Waals surface area contributed by atoms with Gasteiger partial charge in [-0.15, -0.1) is 0 Å². The van der Waals surface area contributed by atoms with Crippen LogP contribution in [0.4, 0.5) is 4.79 Å². The van der Waals surface area contributed by atoms with E-state index in [1.165, 1.54) is 18.4 Å². The van der Waals surface area contributed by atoms with Gasteiger partial charge in [-0.3, -0.25) is 0 Å². The maximum atomic E-state index is 13.3. The van der Waals surface area contributed by atoms with Gasteiger partial charge in [-0.2, -0.15) is 5.10 Å². The fourth-order valence-electron chi connectivity index (χ4n) is 6.01. The Bertz CT molecular complexity index is 813. The predicted octanol–water partition coefficient (Wildman–Crippen LogP) is 5.80. The highest BCUT2D eigenvalue weighted by molar-refractivity contribution is 5.98. The summed E-state index contributed by atoms with van der Waals surface area (Å²) in [5.41, 5.74) is 2.81. The van der Waals surface area contributed by atoms with Gasteiger partial charge in [0.2, 0.25) is 0 Å². The van der Waals surface area contributed by atoms with Gasteiger partial charge in [-0.05, 0) is 48.0 Å². The van der Waals surface area contributed by atoms with E-state index in [1.54, 1.807) is 5.01 Å². The molecule has 0 aromatic heterocycles. The van der Waals surface area contributed by atoms with Crippen LogP contribution in [0.25, 0.3) is 0 Å². The summed E-state index contributed by atoms with van der Waals surface area (Å²) < 4.78 is 0. The molecule has 1 aliphatic heterocycles. The van der Waals surface area contributed by atoms with Gasteiger partial charge in [0, 0.05) is 17.4 Å². The number of nitrogens with zero attached hydrogens (tertiary/aromatic N) is 2. The van der Waals surface area contributed by atoms with E-state index in [1.807, 2.05) is 6.07 Å². The summed E-state index contributed by atoms with van der Waals surface area (Å²) >= 11 is 0. The molecule has 2 amide bonds. The van der Waals surface area contributed by atoms with Gasteiger partial charge >= 0.3 is 6.03 Å². The van der Waals surface area contributed by atoms with E-state index < -0.39 is 0 Å². The van der Waals surface area contributed by atoms with E-state index in [2.05, 4.69) is 71.1 Å². The fraction of sp³-hybridized carbons (Fsp3) is 0.680. The third-order valence-electron chi connectivity index (χ3n) is 9.02. The smallest absolute Gasteiger partial charge is 0.333 e. The maximum absolute atomic E-state index is 13.3. The Morgan fingerprint density at radius 1 is 1.24 bits per heavy atom. The lowest BCUT2D eigenvalue weighted by Crippen LogP contribution is -2.50. The monoisotopic (exact) mass is 395 g/mol. The Morgan fingerprint density at radius 2 is 1.93 bits per heavy atom. The average molecular weight is 396 g/mol. The lowest BCUT2D eigenvalue weighted by molar-refractivity contribution is 0.118. The van der Waals surface area contributed by atoms with E-state index in [-0.39, 0.29) is 28.8 Å². The molecular formula is C25H37N3O. The van der Waals surface area contributed by atoms with Crippen molar-refractivity contribution in [2.24, 2.45) is 27.3 Å². The van der Waals surface area contributed by atoms with Gasteiger partial charge in [0.15, 0.2) is 0 Å². The second-order valence-corrected chi connectivity index (χ2v) is 10.9. The molecule has 3 aliphatic rings. The van der Waals surface area contributed by atoms with Crippen molar-refractivity contribution >= 4 is 11.7 Å². The molecule has 1 aromatic carbocycles. The highest BCUT2D eigenvalue weighted by Gasteiger charge is 2.61. The summed E-state index contributed by atoms with van der Waals surface area (Å²) in [4.78, 5) is 13.3. The molecule has 0 radical (unpaired) electrons. The van der Waals surface area contributed by atoms with Crippen LogP contribution in [0.5, 0.6) is 0 Å². The zero-order chi connectivity index (χ0) is 21.0. The molecular weight excluding hydrogens is 358 g/mol. The number of nitrogens with one attached hydrogen (secondary N) is 1. The number of hydrazone groups is 1. The third-order valence-corrected chi connectivity index (χ3v) is 9.02. The number of hydrogen-bond donors (Lipinski definition) is 1. The summed E-state index contributed by atoms with van der Waals surface area (Å²) in [6.45, 7) is 14.5. The number of hydrogen-bond acceptors (Lipinski definition) is 2. The van der Waals surface area contributed by atoms with Crippen LogP contribution in [0.2, 0.25) is 0 Å². The number of benzene rings is 1. The number of fused-ring (bicyclic) bond motifs is 2. The van der Waals surface area contributed by atoms with E-state index in [9.17, 15) is 4.79 Å². The van der Waals surface area contributed by atoms with Crippen molar-refractivity contribution in [3.05, 3.63) is 35.9 Å². The van der Waals surface area contributed by atoms with Crippen LogP contribution in [0.3, 0.4) is 0 Å². The SMILES string of the molecule is CCC(C)(C)C1=NN(C(=O)N[C@H]2CC3CCC2(C)C3(C)C)CC1c1ccccc1. The van der Waals surface area contributed by atoms with Crippen molar-refractivity contribution in [3.8, 4) is 0 Å². The van der Waals surface area contributed by atoms with Crippen molar-refractivity contribution < 1.29 is 4.79 Å². The van der Waals surface area contributed by atoms with Gasteiger partial charge < -0.3 is 5.32 Å². The normalized spacial score (nSPS) is 33.1. The minimum Gasteiger partial charge on any atom is -0.333 e. The van der Waals surface area contributed by atoms with E-state index >= 15 is 0 Å². The van der Waals surface area contributed by atoms with Crippen molar-refractivity contribution in [1.29, 1.82) is 0 Å². The van der Waals surface area contributed by atoms with Crippen LogP contribution >= 0.6 is 0 Å². The first-order valence-corrected chi connectivity index (χ1v) is 11.3. The van der Waals surface area contributed by atoms with Crippen LogP contribution in [-0.2, 0) is 0 Å². The molecule has 0 spiro atoms. The second kappa shape index (κ2) is 6.85. The molecule has 29 heavy (non-hydrogen) atoms. The number of urea groups is 1. The highest BCUT2D eigenvalue weighted by atomic mass is 16.2. The van der Waals surface area contributed by atoms with E-state index in [0.717, 1.165) is 18.6 Å². The maximum Gasteiger partial charge on any atom is 0.338 e. The molecule has 2 aliphatic carbocycles. The summed E-state index contributed by atoms with van der Waals surface area (Å²) in [7, 11) is 0. The predicted molar refractivity (Wildman–Crippen MR) is 119 cm³/mol. The zero-order valence-corrected chi connectivity index (χ0v) is 19.0. The van der Waals surface area contributed by atoms with Crippen LogP contribution in [0.1, 0.15) is 78.7 Å². The summed E-state index contributed by atoms with van der Waals surface area (Å²) in [6, 6.07) is 10.7. The summed E-state index contributed by atoms with van der Waals surface area (Å²) in [5.74, 6) is 0.885. The van der Waals surface area contributed by atoms with Crippen molar-refractivity contribution in [2.75, 3.05) is 6.54 Å². The Balaban J connectivity index is 1.55. The summed E-state index contributed by atoms with van der Waals surface area (Å²) in [5, 5.41) is 9.98. The number of amides is 2. The molecule has 4 heteroatoms. The van der Waals surface area contributed by atoms with Crippen LogP contribution < -0.4 is 5.32 Å². The van der Waals surface area contributed by atoms with E-state index in [0.29, 0.717) is 17.9 Å². The molecule has 2 fully saturated rings. The molecule has 0 saturated heterocycles. The number of rotatable bonds is 4. The zero-order valence-electron chi connectivity index (χ0n) is 19.0. The topological polar surface area (TPSA) is 44.7 Å². The van der Waals surface area contributed by atoms with Crippen LogP contribution in [-0.4, -0.2) is 29.3 Å². The van der Waals surface area contributed by atoms with Gasteiger partial charge in [0.05, 0.1) is 12.3 Å². The minimum absolute atomic E-state index is 0.0255. The van der Waals surface area contributed by atoms with Crippen molar-refractivity contribution in [3.63, 3.8) is 0 Å². The summed E-state index contributed by atoms with van der Waals surface area (Å²) in [6.07, 6.45) is 4.60. The molecule has 2 saturated carbocycles. The Morgan fingerprint density at radius 3 is 2.48 bits per heavy atom. The average Bonchev–Trinajstić information content (AvgIpc) is 3.30. The number of carbonyl (C=O) groups is 1. The minimum atomic E-state index is -0.0318. The first-order chi connectivity index (χ1) is 13.6. The standard InChI is InChI=1S/C25H37N3O/c1-7-23(2,3)21-19(17-11-9-8-10-12-17)16-28(27-21)22(29)26-20-15-18-13-14-25(20,6)24(18,4)5/h8-12,18-20H,7,13-16H2,1-6H3,(H,26,29)/t18?,19?,20-,25?/m0/s1. The lowest BCUT2D eigenvalue weighted by atomic mass is 9.69. The Labute approximate surface area is 176 Å². The van der Waals surface area contributed by atoms with Crippen LogP contribution in [0.15, 0.2) is 35.4 Å². The first kappa shape index (κ1) is 20.4. The third kappa shape index (κ3) is 3.10. The Hall–Kier alpha value is -1.84. The van der Waals surface area contributed by atoms with Crippen molar-refractivity contribution in [1.82, 2.24) is 10.3 Å². The van der Waals surface area contributed by atoms with Gasteiger partial charge in [-0.25, -0.2) is 9.80 Å². The molecule has 1 N–H and O–H groups in total. The molecule has 4 nitrogen and oxygen atoms in total. The lowest BCUT2D eigenvalue weighted by Gasteiger charge is -2.39. The van der Waals surface area contributed by atoms with Crippen molar-refractivity contribution in [2.45, 2.75) is 79.2 Å². The fourth-order valence-corrected chi connectivity index (χ4v) is 6.01. The van der Waals surface area contributed by atoms with Crippen LogP contribution in [0, 0.1) is 22.2 Å². The first-order valence-electron chi connectivity index (χ1n) is 11.3.